The normalized spacial score (nSPS) is 12.9. The SMILES string of the molecule is CCCCCCCCCCCCOC(=O)CC(C)(C(=O)OCCCCCCCCCCCC)S(=O)(=O)O.[H-].[Na+]. The van der Waals surface area contributed by atoms with Crippen molar-refractivity contribution in [3.05, 3.63) is 0 Å². The van der Waals surface area contributed by atoms with Gasteiger partial charge in [0.05, 0.1) is 19.6 Å². The van der Waals surface area contributed by atoms with E-state index in [1.807, 2.05) is 0 Å². The number of rotatable bonds is 26. The Balaban J connectivity index is -0.00000648. The van der Waals surface area contributed by atoms with Crippen LogP contribution in [-0.4, -0.2) is 42.9 Å². The first-order valence-electron chi connectivity index (χ1n) is 15.0. The molecule has 0 aromatic rings. The van der Waals surface area contributed by atoms with Gasteiger partial charge in [-0.05, 0) is 19.8 Å². The van der Waals surface area contributed by atoms with Crippen molar-refractivity contribution in [3.8, 4) is 0 Å². The predicted octanol–water partition coefficient (Wildman–Crippen LogP) is 5.07. The number of esters is 2. The summed E-state index contributed by atoms with van der Waals surface area (Å²) in [6.45, 7) is 5.67. The second kappa shape index (κ2) is 25.8. The summed E-state index contributed by atoms with van der Waals surface area (Å²) < 4.78 is 41.4. The summed E-state index contributed by atoms with van der Waals surface area (Å²) >= 11 is 0. The smallest absolute Gasteiger partial charge is 1.00 e. The van der Waals surface area contributed by atoms with Crippen molar-refractivity contribution in [3.63, 3.8) is 0 Å². The molecule has 0 saturated carbocycles. The van der Waals surface area contributed by atoms with Crippen molar-refractivity contribution in [1.82, 2.24) is 0 Å². The summed E-state index contributed by atoms with van der Waals surface area (Å²) in [6, 6.07) is 0. The third kappa shape index (κ3) is 20.7. The Bertz CT molecular complexity index is 691. The van der Waals surface area contributed by atoms with Crippen molar-refractivity contribution >= 4 is 22.1 Å². The van der Waals surface area contributed by atoms with E-state index >= 15 is 0 Å². The van der Waals surface area contributed by atoms with Gasteiger partial charge in [-0.1, -0.05) is 129 Å². The monoisotopic (exact) mass is 572 g/mol. The molecule has 0 aliphatic carbocycles. The topological polar surface area (TPSA) is 107 Å². The summed E-state index contributed by atoms with van der Waals surface area (Å²) in [4.78, 5) is 24.7. The molecule has 0 radical (unpaired) electrons. The molecule has 0 aliphatic heterocycles. The third-order valence-electron chi connectivity index (χ3n) is 6.97. The van der Waals surface area contributed by atoms with Gasteiger partial charge in [-0.15, -0.1) is 0 Å². The Hall–Kier alpha value is -0.150. The first-order chi connectivity index (χ1) is 17.7. The predicted molar refractivity (Wildman–Crippen MR) is 151 cm³/mol. The van der Waals surface area contributed by atoms with Gasteiger partial charge in [0, 0.05) is 0 Å². The minimum absolute atomic E-state index is 0. The van der Waals surface area contributed by atoms with Crippen LogP contribution in [0.4, 0.5) is 0 Å². The van der Waals surface area contributed by atoms with Crippen LogP contribution in [0.25, 0.3) is 0 Å². The molecule has 7 nitrogen and oxygen atoms in total. The molecule has 0 fully saturated rings. The molecule has 0 amide bonds. The van der Waals surface area contributed by atoms with Gasteiger partial charge in [0.25, 0.3) is 10.1 Å². The Labute approximate surface area is 257 Å². The zero-order chi connectivity index (χ0) is 27.8. The van der Waals surface area contributed by atoms with Crippen LogP contribution in [0.1, 0.15) is 157 Å². The molecule has 222 valence electrons. The molecule has 38 heavy (non-hydrogen) atoms. The van der Waals surface area contributed by atoms with Gasteiger partial charge < -0.3 is 10.9 Å². The average molecular weight is 573 g/mol. The first kappa shape index (κ1) is 40.0. The van der Waals surface area contributed by atoms with Crippen LogP contribution < -0.4 is 29.6 Å². The second-order valence-corrected chi connectivity index (χ2v) is 12.5. The minimum Gasteiger partial charge on any atom is -1.00 e. The second-order valence-electron chi connectivity index (χ2n) is 10.6. The molecule has 1 unspecified atom stereocenters. The quantitative estimate of drug-likeness (QED) is 0.0668. The van der Waals surface area contributed by atoms with E-state index in [0.717, 1.165) is 45.4 Å². The van der Waals surface area contributed by atoms with Gasteiger partial charge >= 0.3 is 41.5 Å². The van der Waals surface area contributed by atoms with E-state index in [1.165, 1.54) is 77.0 Å². The molecule has 0 aliphatic rings. The summed E-state index contributed by atoms with van der Waals surface area (Å²) in [6.07, 6.45) is 21.9. The maximum atomic E-state index is 12.5. The molecule has 0 saturated heterocycles. The van der Waals surface area contributed by atoms with Gasteiger partial charge in [-0.25, -0.2) is 0 Å². The molecule has 1 atom stereocenters. The molecule has 0 bridgehead atoms. The fourth-order valence-corrected chi connectivity index (χ4v) is 4.85. The molecule has 0 heterocycles. The number of carbonyl (C=O) groups is 2. The average Bonchev–Trinajstić information content (AvgIpc) is 2.84. The van der Waals surface area contributed by atoms with Crippen LogP contribution in [-0.2, 0) is 29.2 Å². The van der Waals surface area contributed by atoms with E-state index in [9.17, 15) is 22.6 Å². The minimum atomic E-state index is -4.85. The summed E-state index contributed by atoms with van der Waals surface area (Å²) in [5, 5.41) is 0. The summed E-state index contributed by atoms with van der Waals surface area (Å²) in [5.74, 6) is -1.94. The van der Waals surface area contributed by atoms with E-state index in [1.54, 1.807) is 0 Å². The summed E-state index contributed by atoms with van der Waals surface area (Å²) in [5.41, 5.74) is 0. The van der Waals surface area contributed by atoms with Crippen LogP contribution in [0.2, 0.25) is 0 Å². The molecule has 0 rings (SSSR count). The first-order valence-corrected chi connectivity index (χ1v) is 16.4. The largest absolute Gasteiger partial charge is 1.00 e. The Morgan fingerprint density at radius 1 is 0.632 bits per heavy atom. The van der Waals surface area contributed by atoms with Crippen LogP contribution in [0.5, 0.6) is 0 Å². The zero-order valence-corrected chi connectivity index (χ0v) is 27.9. The van der Waals surface area contributed by atoms with Crippen molar-refractivity contribution in [2.45, 2.75) is 160 Å². The van der Waals surface area contributed by atoms with Gasteiger partial charge in [0.2, 0.25) is 4.75 Å². The van der Waals surface area contributed by atoms with Crippen molar-refractivity contribution in [2.75, 3.05) is 13.2 Å². The molecule has 0 spiro atoms. The molecule has 9 heteroatoms. The molecule has 0 aromatic heterocycles. The van der Waals surface area contributed by atoms with E-state index in [4.69, 9.17) is 9.47 Å². The van der Waals surface area contributed by atoms with Crippen LogP contribution >= 0.6 is 0 Å². The van der Waals surface area contributed by atoms with E-state index in [-0.39, 0.29) is 44.2 Å². The van der Waals surface area contributed by atoms with Crippen LogP contribution in [0.15, 0.2) is 0 Å². The van der Waals surface area contributed by atoms with Crippen LogP contribution in [0.3, 0.4) is 0 Å². The number of ether oxygens (including phenoxy) is 2. The summed E-state index contributed by atoms with van der Waals surface area (Å²) in [7, 11) is -4.85. The Morgan fingerprint density at radius 3 is 1.29 bits per heavy atom. The van der Waals surface area contributed by atoms with Gasteiger partial charge in [-0.3, -0.25) is 14.1 Å². The Kier molecular flexibility index (Phi) is 27.1. The van der Waals surface area contributed by atoms with Crippen LogP contribution in [0, 0.1) is 0 Å². The fourth-order valence-electron chi connectivity index (χ4n) is 4.28. The maximum absolute atomic E-state index is 12.5. The Morgan fingerprint density at radius 2 is 0.947 bits per heavy atom. The van der Waals surface area contributed by atoms with E-state index in [0.29, 0.717) is 12.8 Å². The molecule has 1 N–H and O–H groups in total. The standard InChI is InChI=1S/C29H56O7S.Na.H/c1-4-6-8-10-12-14-16-18-20-22-24-35-27(30)26-29(3,37(32,33)34)28(31)36-25-23-21-19-17-15-13-11-9-7-5-2;;/h4-26H2,1-3H3,(H,32,33,34);;/q;+1;-1. The third-order valence-corrected chi connectivity index (χ3v) is 8.42. The van der Waals surface area contributed by atoms with E-state index < -0.39 is 33.2 Å². The zero-order valence-electron chi connectivity index (χ0n) is 26.1. The maximum Gasteiger partial charge on any atom is 1.00 e. The van der Waals surface area contributed by atoms with E-state index in [2.05, 4.69) is 13.8 Å². The molecular formula is C29H57NaO7S. The van der Waals surface area contributed by atoms with Crippen molar-refractivity contribution < 1.29 is 63.0 Å². The van der Waals surface area contributed by atoms with Gasteiger partial charge in [-0.2, -0.15) is 8.42 Å². The number of unbranched alkanes of at least 4 members (excludes halogenated alkanes) is 18. The number of hydrogen-bond acceptors (Lipinski definition) is 6. The molecule has 0 aromatic carbocycles. The number of carbonyl (C=O) groups excluding carboxylic acids is 2. The fraction of sp³-hybridized carbons (Fsp3) is 0.931. The van der Waals surface area contributed by atoms with Crippen molar-refractivity contribution in [1.29, 1.82) is 0 Å². The van der Waals surface area contributed by atoms with Gasteiger partial charge in [0.15, 0.2) is 0 Å². The van der Waals surface area contributed by atoms with Crippen molar-refractivity contribution in [2.24, 2.45) is 0 Å². The molecular weight excluding hydrogens is 515 g/mol. The number of hydrogen-bond donors (Lipinski definition) is 1. The van der Waals surface area contributed by atoms with Gasteiger partial charge in [0.1, 0.15) is 0 Å².